The van der Waals surface area contributed by atoms with E-state index in [9.17, 15) is 5.11 Å². The maximum absolute atomic E-state index is 9.59. The van der Waals surface area contributed by atoms with Crippen LogP contribution in [0.5, 0.6) is 5.75 Å². The lowest BCUT2D eigenvalue weighted by Crippen LogP contribution is -2.00. The summed E-state index contributed by atoms with van der Waals surface area (Å²) < 4.78 is 1.58. The summed E-state index contributed by atoms with van der Waals surface area (Å²) in [5.41, 5.74) is 2.00. The van der Waals surface area contributed by atoms with Crippen LogP contribution in [0, 0.1) is 13.8 Å². The van der Waals surface area contributed by atoms with E-state index in [1.54, 1.807) is 11.6 Å². The summed E-state index contributed by atoms with van der Waals surface area (Å²) in [6.07, 6.45) is 0. The average Bonchev–Trinajstić information content (AvgIpc) is 2.51. The highest BCUT2D eigenvalue weighted by molar-refractivity contribution is 6.36. The van der Waals surface area contributed by atoms with Crippen molar-refractivity contribution in [2.24, 2.45) is 0 Å². The molecule has 0 amide bonds. The molecule has 0 aliphatic carbocycles. The monoisotopic (exact) mass is 290 g/mol. The average molecular weight is 292 g/mol. The van der Waals surface area contributed by atoms with E-state index in [-0.39, 0.29) is 10.8 Å². The van der Waals surface area contributed by atoms with E-state index in [1.165, 1.54) is 12.1 Å². The van der Waals surface area contributed by atoms with Crippen LogP contribution in [0.3, 0.4) is 0 Å². The van der Waals surface area contributed by atoms with Gasteiger partial charge >= 0.3 is 0 Å². The summed E-state index contributed by atoms with van der Waals surface area (Å²) >= 11 is 17.9. The summed E-state index contributed by atoms with van der Waals surface area (Å²) in [7, 11) is 0. The lowest BCUT2D eigenvalue weighted by Gasteiger charge is -2.08. The fraction of sp³-hybridized carbons (Fsp3) is 0.182. The number of aryl methyl sites for hydroxylation is 1. The van der Waals surface area contributed by atoms with Gasteiger partial charge < -0.3 is 5.11 Å². The molecule has 0 radical (unpaired) electrons. The first kappa shape index (κ1) is 12.6. The van der Waals surface area contributed by atoms with E-state index in [0.717, 1.165) is 5.69 Å². The van der Waals surface area contributed by atoms with Crippen molar-refractivity contribution in [3.05, 3.63) is 38.6 Å². The minimum atomic E-state index is -0.0465. The standard InChI is InChI=1S/C11H9Cl3N2O/c1-5-11(14)6(2)16(15-5)9-4-10(17)8(13)3-7(9)12/h3-4,17H,1-2H3. The zero-order valence-electron chi connectivity index (χ0n) is 9.13. The number of nitrogens with zero attached hydrogens (tertiary/aromatic N) is 2. The molecule has 0 saturated heterocycles. The second-order valence-corrected chi connectivity index (χ2v) is 4.84. The number of hydrogen-bond acceptors (Lipinski definition) is 2. The van der Waals surface area contributed by atoms with E-state index >= 15 is 0 Å². The Balaban J connectivity index is 2.68. The molecule has 90 valence electrons. The molecule has 6 heteroatoms. The summed E-state index contributed by atoms with van der Waals surface area (Å²) in [4.78, 5) is 0. The molecule has 0 aliphatic rings. The van der Waals surface area contributed by atoms with Crippen molar-refractivity contribution in [2.45, 2.75) is 13.8 Å². The number of hydrogen-bond donors (Lipinski definition) is 1. The molecule has 1 N–H and O–H groups in total. The lowest BCUT2D eigenvalue weighted by molar-refractivity contribution is 0.475. The third-order valence-electron chi connectivity index (χ3n) is 2.45. The summed E-state index contributed by atoms with van der Waals surface area (Å²) in [5, 5.41) is 15.0. The number of halogens is 3. The molecule has 1 aromatic carbocycles. The first-order valence-corrected chi connectivity index (χ1v) is 5.95. The number of phenols is 1. The van der Waals surface area contributed by atoms with Gasteiger partial charge in [-0.15, -0.1) is 0 Å². The highest BCUT2D eigenvalue weighted by Crippen LogP contribution is 2.33. The summed E-state index contributed by atoms with van der Waals surface area (Å²) in [6.45, 7) is 3.62. The zero-order valence-corrected chi connectivity index (χ0v) is 11.4. The Hall–Kier alpha value is -0.900. The molecule has 2 aromatic rings. The minimum Gasteiger partial charge on any atom is -0.506 e. The van der Waals surface area contributed by atoms with Gasteiger partial charge in [0.1, 0.15) is 5.75 Å². The Morgan fingerprint density at radius 2 is 1.76 bits per heavy atom. The van der Waals surface area contributed by atoms with Crippen LogP contribution < -0.4 is 0 Å². The molecule has 17 heavy (non-hydrogen) atoms. The van der Waals surface area contributed by atoms with Gasteiger partial charge in [0.25, 0.3) is 0 Å². The molecule has 0 saturated carbocycles. The molecule has 1 heterocycles. The molecule has 3 nitrogen and oxygen atoms in total. The SMILES string of the molecule is Cc1nn(-c2cc(O)c(Cl)cc2Cl)c(C)c1Cl. The second kappa shape index (κ2) is 4.41. The van der Waals surface area contributed by atoms with Crippen molar-refractivity contribution in [3.63, 3.8) is 0 Å². The third kappa shape index (κ3) is 2.10. The Labute approximate surface area is 114 Å². The first-order valence-electron chi connectivity index (χ1n) is 4.82. The topological polar surface area (TPSA) is 38.0 Å². The highest BCUT2D eigenvalue weighted by Gasteiger charge is 2.15. The number of rotatable bonds is 1. The van der Waals surface area contributed by atoms with Crippen LogP contribution in [-0.4, -0.2) is 14.9 Å². The summed E-state index contributed by atoms with van der Waals surface area (Å²) in [5.74, 6) is -0.0465. The van der Waals surface area contributed by atoms with Crippen molar-refractivity contribution in [1.29, 1.82) is 0 Å². The van der Waals surface area contributed by atoms with Crippen molar-refractivity contribution in [1.82, 2.24) is 9.78 Å². The molecular weight excluding hydrogens is 282 g/mol. The lowest BCUT2D eigenvalue weighted by atomic mass is 10.3. The van der Waals surface area contributed by atoms with Gasteiger partial charge in [-0.1, -0.05) is 34.8 Å². The number of benzene rings is 1. The maximum Gasteiger partial charge on any atom is 0.136 e. The van der Waals surface area contributed by atoms with Gasteiger partial charge in [-0.2, -0.15) is 5.10 Å². The third-order valence-corrected chi connectivity index (χ3v) is 3.60. The summed E-state index contributed by atoms with van der Waals surface area (Å²) in [6, 6.07) is 2.93. The van der Waals surface area contributed by atoms with Crippen LogP contribution in [0.25, 0.3) is 5.69 Å². The molecule has 1 aromatic heterocycles. The van der Waals surface area contributed by atoms with Gasteiger partial charge in [-0.05, 0) is 19.9 Å². The normalized spacial score (nSPS) is 10.9. The van der Waals surface area contributed by atoms with E-state index in [1.807, 2.05) is 6.92 Å². The van der Waals surface area contributed by atoms with Gasteiger partial charge in [0.15, 0.2) is 0 Å². The molecule has 0 fully saturated rings. The molecular formula is C11H9Cl3N2O. The number of phenolic OH excluding ortho intramolecular Hbond substituents is 1. The van der Waals surface area contributed by atoms with Crippen molar-refractivity contribution in [2.75, 3.05) is 0 Å². The number of aromatic hydroxyl groups is 1. The van der Waals surface area contributed by atoms with Gasteiger partial charge in [0.2, 0.25) is 0 Å². The Morgan fingerprint density at radius 1 is 1.12 bits per heavy atom. The van der Waals surface area contributed by atoms with E-state index < -0.39 is 0 Å². The molecule has 0 atom stereocenters. The Morgan fingerprint density at radius 3 is 2.29 bits per heavy atom. The van der Waals surface area contributed by atoms with Crippen LogP contribution >= 0.6 is 34.8 Å². The van der Waals surface area contributed by atoms with Crippen LogP contribution in [0.4, 0.5) is 0 Å². The van der Waals surface area contributed by atoms with Crippen molar-refractivity contribution >= 4 is 34.8 Å². The minimum absolute atomic E-state index is 0.0465. The van der Waals surface area contributed by atoms with Gasteiger partial charge in [0.05, 0.1) is 32.1 Å². The molecule has 2 rings (SSSR count). The van der Waals surface area contributed by atoms with Gasteiger partial charge in [-0.3, -0.25) is 0 Å². The largest absolute Gasteiger partial charge is 0.506 e. The molecule has 0 aliphatic heterocycles. The van der Waals surface area contributed by atoms with Crippen LogP contribution in [-0.2, 0) is 0 Å². The quantitative estimate of drug-likeness (QED) is 0.857. The number of aromatic nitrogens is 2. The first-order chi connectivity index (χ1) is 7.91. The van der Waals surface area contributed by atoms with Gasteiger partial charge in [-0.25, -0.2) is 4.68 Å². The molecule has 0 spiro atoms. The van der Waals surface area contributed by atoms with E-state index in [2.05, 4.69) is 5.10 Å². The van der Waals surface area contributed by atoms with Crippen LogP contribution in [0.1, 0.15) is 11.4 Å². The fourth-order valence-corrected chi connectivity index (χ4v) is 2.13. The highest BCUT2D eigenvalue weighted by atomic mass is 35.5. The fourth-order valence-electron chi connectivity index (χ4n) is 1.55. The van der Waals surface area contributed by atoms with Crippen LogP contribution in [0.15, 0.2) is 12.1 Å². The Kier molecular flexibility index (Phi) is 3.25. The van der Waals surface area contributed by atoms with Crippen LogP contribution in [0.2, 0.25) is 15.1 Å². The van der Waals surface area contributed by atoms with E-state index in [4.69, 9.17) is 34.8 Å². The predicted octanol–water partition coefficient (Wildman–Crippen LogP) is 4.15. The van der Waals surface area contributed by atoms with Crippen molar-refractivity contribution < 1.29 is 5.11 Å². The Bertz CT molecular complexity index is 593. The second-order valence-electron chi connectivity index (χ2n) is 3.65. The predicted molar refractivity (Wildman–Crippen MR) is 69.7 cm³/mol. The maximum atomic E-state index is 9.59. The smallest absolute Gasteiger partial charge is 0.136 e. The zero-order chi connectivity index (χ0) is 12.7. The van der Waals surface area contributed by atoms with E-state index in [0.29, 0.717) is 21.4 Å². The van der Waals surface area contributed by atoms with Gasteiger partial charge in [0, 0.05) is 6.07 Å². The molecule has 0 unspecified atom stereocenters. The van der Waals surface area contributed by atoms with Crippen molar-refractivity contribution in [3.8, 4) is 11.4 Å². The molecule has 0 bridgehead atoms.